The maximum absolute atomic E-state index is 6.36. The van der Waals surface area contributed by atoms with Gasteiger partial charge in [0.15, 0.2) is 0 Å². The number of rotatable bonds is 3. The van der Waals surface area contributed by atoms with Gasteiger partial charge in [-0.15, -0.1) is 0 Å². The highest BCUT2D eigenvalue weighted by Gasteiger charge is 2.48. The molecule has 3 aliphatic carbocycles. The molecule has 80 valence electrons. The van der Waals surface area contributed by atoms with Crippen LogP contribution in [0, 0.1) is 23.2 Å². The summed E-state index contributed by atoms with van der Waals surface area (Å²) in [7, 11) is 0. The highest BCUT2D eigenvalue weighted by Crippen LogP contribution is 2.56. The van der Waals surface area contributed by atoms with Crippen LogP contribution >= 0.6 is 0 Å². The Labute approximate surface area is 87.4 Å². The second-order valence-corrected chi connectivity index (χ2v) is 6.52. The summed E-state index contributed by atoms with van der Waals surface area (Å²) in [5.74, 6) is 3.08. The Morgan fingerprint density at radius 2 is 1.86 bits per heavy atom. The Hall–Kier alpha value is -0.0400. The molecule has 3 fully saturated rings. The first-order chi connectivity index (χ1) is 6.66. The quantitative estimate of drug-likeness (QED) is 0.732. The molecule has 0 aliphatic heterocycles. The molecule has 0 amide bonds. The summed E-state index contributed by atoms with van der Waals surface area (Å²) in [6.07, 6.45) is 10.1. The van der Waals surface area contributed by atoms with Crippen molar-refractivity contribution in [3.63, 3.8) is 0 Å². The third kappa shape index (κ3) is 1.50. The van der Waals surface area contributed by atoms with Crippen LogP contribution in [0.5, 0.6) is 0 Å². The van der Waals surface area contributed by atoms with Gasteiger partial charge in [-0.05, 0) is 61.7 Å². The minimum atomic E-state index is 0.521. The van der Waals surface area contributed by atoms with Crippen LogP contribution in [0.25, 0.3) is 0 Å². The van der Waals surface area contributed by atoms with Crippen LogP contribution in [-0.4, -0.2) is 6.04 Å². The molecule has 14 heavy (non-hydrogen) atoms. The summed E-state index contributed by atoms with van der Waals surface area (Å²) in [5, 5.41) is 0. The third-order valence-corrected chi connectivity index (χ3v) is 5.17. The van der Waals surface area contributed by atoms with E-state index in [9.17, 15) is 0 Å². The Balaban J connectivity index is 1.52. The van der Waals surface area contributed by atoms with Gasteiger partial charge in [0.25, 0.3) is 0 Å². The predicted octanol–water partition coefficient (Wildman–Crippen LogP) is 2.94. The second-order valence-electron chi connectivity index (χ2n) is 6.52. The summed E-state index contributed by atoms with van der Waals surface area (Å²) >= 11 is 0. The molecular formula is C13H23N. The number of hydrogen-bond acceptors (Lipinski definition) is 1. The predicted molar refractivity (Wildman–Crippen MR) is 58.9 cm³/mol. The van der Waals surface area contributed by atoms with Crippen LogP contribution in [0.3, 0.4) is 0 Å². The van der Waals surface area contributed by atoms with Crippen molar-refractivity contribution in [3.05, 3.63) is 0 Å². The van der Waals surface area contributed by atoms with Crippen LogP contribution in [-0.2, 0) is 0 Å². The topological polar surface area (TPSA) is 26.0 Å². The molecule has 1 heteroatoms. The highest BCUT2D eigenvalue weighted by molar-refractivity contribution is 5.00. The van der Waals surface area contributed by atoms with Gasteiger partial charge in [0, 0.05) is 6.04 Å². The largest absolute Gasteiger partial charge is 0.327 e. The fourth-order valence-corrected chi connectivity index (χ4v) is 3.83. The molecule has 0 radical (unpaired) electrons. The Morgan fingerprint density at radius 1 is 1.21 bits per heavy atom. The zero-order valence-electron chi connectivity index (χ0n) is 9.34. The summed E-state index contributed by atoms with van der Waals surface area (Å²) in [6, 6.07) is 0.521. The zero-order chi connectivity index (χ0) is 9.76. The van der Waals surface area contributed by atoms with Crippen molar-refractivity contribution in [2.75, 3.05) is 0 Å². The van der Waals surface area contributed by atoms with Gasteiger partial charge in [0.05, 0.1) is 0 Å². The van der Waals surface area contributed by atoms with E-state index in [2.05, 4.69) is 6.92 Å². The van der Waals surface area contributed by atoms with Crippen molar-refractivity contribution in [2.45, 2.75) is 57.9 Å². The standard InChI is InChI=1S/C13H23N/c1-13(3-2-4-13)8-12(14)11-6-9-5-10(9)7-11/h9-12H,2-8,14H2,1H3. The fraction of sp³-hybridized carbons (Fsp3) is 1.00. The van der Waals surface area contributed by atoms with Crippen molar-refractivity contribution in [1.82, 2.24) is 0 Å². The lowest BCUT2D eigenvalue weighted by Crippen LogP contribution is -2.38. The molecule has 3 atom stereocenters. The molecule has 0 saturated heterocycles. The molecule has 0 aromatic carbocycles. The Bertz CT molecular complexity index is 221. The number of fused-ring (bicyclic) bond motifs is 1. The summed E-state index contributed by atoms with van der Waals surface area (Å²) < 4.78 is 0. The van der Waals surface area contributed by atoms with Crippen molar-refractivity contribution in [2.24, 2.45) is 28.9 Å². The minimum Gasteiger partial charge on any atom is -0.327 e. The lowest BCUT2D eigenvalue weighted by atomic mass is 9.65. The first kappa shape index (κ1) is 9.21. The SMILES string of the molecule is CC1(CC(N)C2CC3CC3C2)CCC1. The van der Waals surface area contributed by atoms with E-state index in [0.29, 0.717) is 11.5 Å². The molecule has 3 aliphatic rings. The third-order valence-electron chi connectivity index (χ3n) is 5.17. The molecule has 1 nitrogen and oxygen atoms in total. The fourth-order valence-electron chi connectivity index (χ4n) is 3.83. The lowest BCUT2D eigenvalue weighted by Gasteiger charge is -2.41. The normalized spacial score (nSPS) is 45.4. The molecule has 0 bridgehead atoms. The van der Waals surface area contributed by atoms with E-state index in [0.717, 1.165) is 17.8 Å². The van der Waals surface area contributed by atoms with Crippen molar-refractivity contribution in [3.8, 4) is 0 Å². The van der Waals surface area contributed by atoms with Crippen LogP contribution in [0.2, 0.25) is 0 Å². The molecule has 3 saturated carbocycles. The molecule has 0 spiro atoms. The highest BCUT2D eigenvalue weighted by atomic mass is 14.7. The smallest absolute Gasteiger partial charge is 0.00725 e. The van der Waals surface area contributed by atoms with E-state index in [1.165, 1.54) is 44.9 Å². The maximum Gasteiger partial charge on any atom is 0.00725 e. The average molecular weight is 193 g/mol. The van der Waals surface area contributed by atoms with E-state index in [4.69, 9.17) is 5.73 Å². The van der Waals surface area contributed by atoms with E-state index < -0.39 is 0 Å². The van der Waals surface area contributed by atoms with Gasteiger partial charge in [-0.1, -0.05) is 13.3 Å². The molecule has 3 rings (SSSR count). The van der Waals surface area contributed by atoms with Gasteiger partial charge in [0.2, 0.25) is 0 Å². The van der Waals surface area contributed by atoms with Gasteiger partial charge in [-0.3, -0.25) is 0 Å². The summed E-state index contributed by atoms with van der Waals surface area (Å²) in [5.41, 5.74) is 6.99. The van der Waals surface area contributed by atoms with Crippen LogP contribution in [0.4, 0.5) is 0 Å². The zero-order valence-corrected chi connectivity index (χ0v) is 9.34. The average Bonchev–Trinajstić information content (AvgIpc) is 2.71. The van der Waals surface area contributed by atoms with E-state index in [-0.39, 0.29) is 0 Å². The van der Waals surface area contributed by atoms with Gasteiger partial charge in [-0.2, -0.15) is 0 Å². The van der Waals surface area contributed by atoms with Crippen LogP contribution in [0.1, 0.15) is 51.9 Å². The minimum absolute atomic E-state index is 0.521. The van der Waals surface area contributed by atoms with E-state index in [1.807, 2.05) is 0 Å². The van der Waals surface area contributed by atoms with Crippen molar-refractivity contribution in [1.29, 1.82) is 0 Å². The van der Waals surface area contributed by atoms with Crippen LogP contribution < -0.4 is 5.73 Å². The maximum atomic E-state index is 6.36. The molecule has 0 aromatic heterocycles. The summed E-state index contributed by atoms with van der Waals surface area (Å²) in [4.78, 5) is 0. The van der Waals surface area contributed by atoms with Gasteiger partial charge in [-0.25, -0.2) is 0 Å². The molecule has 0 aromatic rings. The van der Waals surface area contributed by atoms with E-state index in [1.54, 1.807) is 0 Å². The van der Waals surface area contributed by atoms with Crippen LogP contribution in [0.15, 0.2) is 0 Å². The molecular weight excluding hydrogens is 170 g/mol. The molecule has 2 N–H and O–H groups in total. The summed E-state index contributed by atoms with van der Waals surface area (Å²) in [6.45, 7) is 2.44. The second kappa shape index (κ2) is 2.98. The lowest BCUT2D eigenvalue weighted by molar-refractivity contribution is 0.120. The van der Waals surface area contributed by atoms with Crippen molar-refractivity contribution >= 4 is 0 Å². The van der Waals surface area contributed by atoms with Gasteiger partial charge in [0.1, 0.15) is 0 Å². The Morgan fingerprint density at radius 3 is 2.36 bits per heavy atom. The van der Waals surface area contributed by atoms with Crippen molar-refractivity contribution < 1.29 is 0 Å². The molecule has 3 unspecified atom stereocenters. The van der Waals surface area contributed by atoms with Gasteiger partial charge >= 0.3 is 0 Å². The first-order valence-corrected chi connectivity index (χ1v) is 6.42. The van der Waals surface area contributed by atoms with Gasteiger partial charge < -0.3 is 5.73 Å². The first-order valence-electron chi connectivity index (χ1n) is 6.42. The number of nitrogens with two attached hydrogens (primary N) is 1. The monoisotopic (exact) mass is 193 g/mol. The molecule has 0 heterocycles. The Kier molecular flexibility index (Phi) is 1.96. The van der Waals surface area contributed by atoms with E-state index >= 15 is 0 Å². The number of hydrogen-bond donors (Lipinski definition) is 1.